The number of benzene rings is 2. The summed E-state index contributed by atoms with van der Waals surface area (Å²) >= 11 is 0. The summed E-state index contributed by atoms with van der Waals surface area (Å²) < 4.78 is 8.48. The van der Waals surface area contributed by atoms with Crippen molar-refractivity contribution in [2.24, 2.45) is 5.10 Å². The normalized spacial score (nSPS) is 11.4. The van der Waals surface area contributed by atoms with Gasteiger partial charge in [0, 0.05) is 40.1 Å². The lowest BCUT2D eigenvalue weighted by Crippen LogP contribution is -2.17. The van der Waals surface area contributed by atoms with Gasteiger partial charge < -0.3 is 9.30 Å². The van der Waals surface area contributed by atoms with Gasteiger partial charge in [-0.2, -0.15) is 5.10 Å². The van der Waals surface area contributed by atoms with E-state index in [0.29, 0.717) is 24.6 Å². The Morgan fingerprint density at radius 3 is 2.65 bits per heavy atom. The minimum atomic E-state index is -0.271. The highest BCUT2D eigenvalue weighted by atomic mass is 16.5. The Bertz CT molecular complexity index is 1320. The van der Waals surface area contributed by atoms with Gasteiger partial charge in [0.2, 0.25) is 0 Å². The van der Waals surface area contributed by atoms with Gasteiger partial charge in [0.05, 0.1) is 12.8 Å². The maximum atomic E-state index is 12.3. The molecule has 0 atom stereocenters. The van der Waals surface area contributed by atoms with Crippen LogP contribution in [0.15, 0.2) is 72.1 Å². The van der Waals surface area contributed by atoms with E-state index in [2.05, 4.69) is 78.1 Å². The molecule has 0 radical (unpaired) electrons. The minimum Gasteiger partial charge on any atom is -0.491 e. The van der Waals surface area contributed by atoms with Gasteiger partial charge in [0.1, 0.15) is 12.4 Å². The Morgan fingerprint density at radius 2 is 1.88 bits per heavy atom. The molecule has 0 saturated heterocycles. The fraction of sp³-hybridized carbons (Fsp3) is 0.250. The summed E-state index contributed by atoms with van der Waals surface area (Å²) in [7, 11) is 0. The van der Waals surface area contributed by atoms with Crippen LogP contribution in [0, 0.1) is 13.8 Å². The molecule has 0 bridgehead atoms. The van der Waals surface area contributed by atoms with Crippen LogP contribution in [-0.2, 0) is 6.54 Å². The Labute approximate surface area is 200 Å². The molecule has 0 unspecified atom stereocenters. The fourth-order valence-electron chi connectivity index (χ4n) is 4.12. The van der Waals surface area contributed by atoms with Crippen LogP contribution in [0.5, 0.6) is 5.75 Å². The van der Waals surface area contributed by atoms with Crippen molar-refractivity contribution in [2.75, 3.05) is 6.61 Å². The molecule has 2 aromatic heterocycles. The molecule has 34 heavy (non-hydrogen) atoms. The number of carbonyl (C=O) groups is 1. The van der Waals surface area contributed by atoms with Gasteiger partial charge in [-0.1, -0.05) is 44.2 Å². The molecule has 0 aliphatic heterocycles. The largest absolute Gasteiger partial charge is 0.491 e. The molecule has 4 aromatic rings. The molecule has 0 saturated carbocycles. The van der Waals surface area contributed by atoms with Crippen LogP contribution in [0.4, 0.5) is 0 Å². The van der Waals surface area contributed by atoms with Crippen molar-refractivity contribution in [3.05, 3.63) is 94.9 Å². The van der Waals surface area contributed by atoms with E-state index >= 15 is 0 Å². The maximum absolute atomic E-state index is 12.3. The summed E-state index contributed by atoms with van der Waals surface area (Å²) in [6.07, 6.45) is 4.88. The van der Waals surface area contributed by atoms with Gasteiger partial charge in [-0.05, 0) is 55.2 Å². The van der Waals surface area contributed by atoms with Gasteiger partial charge in [0.25, 0.3) is 5.91 Å². The van der Waals surface area contributed by atoms with Gasteiger partial charge in [-0.15, -0.1) is 0 Å². The fourth-order valence-corrected chi connectivity index (χ4v) is 4.12. The highest BCUT2D eigenvalue weighted by molar-refractivity contribution is 6.02. The van der Waals surface area contributed by atoms with E-state index in [-0.39, 0.29) is 5.91 Å². The first-order valence-corrected chi connectivity index (χ1v) is 11.5. The maximum Gasteiger partial charge on any atom is 0.271 e. The van der Waals surface area contributed by atoms with Gasteiger partial charge in [-0.25, -0.2) is 5.43 Å². The zero-order valence-corrected chi connectivity index (χ0v) is 20.1. The highest BCUT2D eigenvalue weighted by Gasteiger charge is 2.14. The molecule has 2 aromatic carbocycles. The van der Waals surface area contributed by atoms with Gasteiger partial charge in [0.15, 0.2) is 0 Å². The summed E-state index contributed by atoms with van der Waals surface area (Å²) in [5.74, 6) is 1.08. The monoisotopic (exact) mass is 454 g/mol. The molecule has 174 valence electrons. The number of rotatable bonds is 8. The number of amides is 1. The number of fused-ring (bicyclic) bond motifs is 1. The van der Waals surface area contributed by atoms with Crippen molar-refractivity contribution in [3.8, 4) is 5.75 Å². The molecule has 1 N–H and O–H groups in total. The second-order valence-electron chi connectivity index (χ2n) is 8.65. The topological polar surface area (TPSA) is 68.5 Å². The lowest BCUT2D eigenvalue weighted by molar-refractivity contribution is 0.0955. The van der Waals surface area contributed by atoms with Crippen molar-refractivity contribution in [1.29, 1.82) is 0 Å². The van der Waals surface area contributed by atoms with Crippen LogP contribution in [0.25, 0.3) is 10.9 Å². The molecule has 1 amide bonds. The third-order valence-corrected chi connectivity index (χ3v) is 5.95. The molecular formula is C28H30N4O2. The number of carbonyl (C=O) groups excluding carboxylic acids is 1. The zero-order chi connectivity index (χ0) is 24.1. The summed E-state index contributed by atoms with van der Waals surface area (Å²) in [4.78, 5) is 16.2. The first-order valence-electron chi connectivity index (χ1n) is 11.5. The highest BCUT2D eigenvalue weighted by Crippen LogP contribution is 2.28. The smallest absolute Gasteiger partial charge is 0.271 e. The predicted molar refractivity (Wildman–Crippen MR) is 137 cm³/mol. The minimum absolute atomic E-state index is 0.271. The first-order chi connectivity index (χ1) is 16.5. The van der Waals surface area contributed by atoms with Crippen LogP contribution < -0.4 is 10.2 Å². The number of hydrogen-bond acceptors (Lipinski definition) is 4. The summed E-state index contributed by atoms with van der Waals surface area (Å²) in [5, 5.41) is 5.30. The van der Waals surface area contributed by atoms with E-state index in [9.17, 15) is 4.79 Å². The summed E-state index contributed by atoms with van der Waals surface area (Å²) in [6.45, 7) is 9.77. The van der Waals surface area contributed by atoms with Crippen molar-refractivity contribution in [1.82, 2.24) is 15.0 Å². The summed E-state index contributed by atoms with van der Waals surface area (Å²) in [5.41, 5.74) is 8.68. The van der Waals surface area contributed by atoms with Crippen molar-refractivity contribution in [2.45, 2.75) is 40.2 Å². The Hall–Kier alpha value is -3.93. The lowest BCUT2D eigenvalue weighted by atomic mass is 10.0. The van der Waals surface area contributed by atoms with E-state index in [4.69, 9.17) is 4.74 Å². The molecule has 6 heteroatoms. The first kappa shape index (κ1) is 23.2. The number of pyridine rings is 1. The van der Waals surface area contributed by atoms with Gasteiger partial charge in [-0.3, -0.25) is 9.78 Å². The molecule has 0 aliphatic carbocycles. The van der Waals surface area contributed by atoms with E-state index in [1.165, 1.54) is 11.1 Å². The Balaban J connectivity index is 1.53. The molecule has 2 heterocycles. The standard InChI is InChI=1S/C28H30N4O2/c1-19(2)23-10-9-20(3)17-27(23)34-16-15-32-21(4)25(24-7-5-6-8-26(24)32)18-30-31-28(33)22-11-13-29-14-12-22/h5-14,17-19H,15-16H2,1-4H3,(H,31,33)/b30-18+. The number of hydrogen-bond donors (Lipinski definition) is 1. The lowest BCUT2D eigenvalue weighted by Gasteiger charge is -2.16. The predicted octanol–water partition coefficient (Wildman–Crippen LogP) is 5.62. The van der Waals surface area contributed by atoms with E-state index in [0.717, 1.165) is 27.9 Å². The molecular weight excluding hydrogens is 424 g/mol. The number of para-hydroxylation sites is 1. The molecule has 0 fully saturated rings. The van der Waals surface area contributed by atoms with Crippen molar-refractivity contribution >= 4 is 23.0 Å². The van der Waals surface area contributed by atoms with E-state index in [1.807, 2.05) is 12.1 Å². The third kappa shape index (κ3) is 5.01. The van der Waals surface area contributed by atoms with Crippen molar-refractivity contribution in [3.63, 3.8) is 0 Å². The number of aryl methyl sites for hydroxylation is 1. The Morgan fingerprint density at radius 1 is 1.12 bits per heavy atom. The third-order valence-electron chi connectivity index (χ3n) is 5.95. The van der Waals surface area contributed by atoms with Crippen LogP contribution in [0.3, 0.4) is 0 Å². The number of nitrogens with zero attached hydrogens (tertiary/aromatic N) is 3. The molecule has 0 aliphatic rings. The van der Waals surface area contributed by atoms with E-state index in [1.54, 1.807) is 30.7 Å². The molecule has 0 spiro atoms. The Kier molecular flexibility index (Phi) is 7.07. The number of nitrogens with one attached hydrogen (secondary N) is 1. The second-order valence-corrected chi connectivity index (χ2v) is 8.65. The zero-order valence-electron chi connectivity index (χ0n) is 20.1. The molecule has 6 nitrogen and oxygen atoms in total. The van der Waals surface area contributed by atoms with Gasteiger partial charge >= 0.3 is 0 Å². The average molecular weight is 455 g/mol. The second kappa shape index (κ2) is 10.3. The number of aromatic nitrogens is 2. The quantitative estimate of drug-likeness (QED) is 0.278. The molecule has 4 rings (SSSR count). The number of ether oxygens (including phenoxy) is 1. The van der Waals surface area contributed by atoms with E-state index < -0.39 is 0 Å². The van der Waals surface area contributed by atoms with Crippen LogP contribution in [0.1, 0.15) is 52.5 Å². The summed E-state index contributed by atoms with van der Waals surface area (Å²) in [6, 6.07) is 17.9. The van der Waals surface area contributed by atoms with Crippen LogP contribution in [0.2, 0.25) is 0 Å². The number of hydrazone groups is 1. The van der Waals surface area contributed by atoms with Crippen molar-refractivity contribution < 1.29 is 9.53 Å². The SMILES string of the molecule is Cc1ccc(C(C)C)c(OCCn2c(C)c(/C=N/NC(=O)c3ccncc3)c3ccccc32)c1. The van der Waals surface area contributed by atoms with Crippen LogP contribution in [-0.4, -0.2) is 28.3 Å². The van der Waals surface area contributed by atoms with Crippen LogP contribution >= 0.6 is 0 Å². The average Bonchev–Trinajstić information content (AvgIpc) is 3.10.